The second-order valence-corrected chi connectivity index (χ2v) is 7.77. The van der Waals surface area contributed by atoms with Crippen molar-refractivity contribution in [1.29, 1.82) is 10.8 Å². The molecule has 0 aliphatic carbocycles. The monoisotopic (exact) mass is 478 g/mol. The molecule has 0 spiro atoms. The number of aromatic nitrogens is 2. The van der Waals surface area contributed by atoms with Gasteiger partial charge in [-0.3, -0.25) is 9.48 Å². The Labute approximate surface area is 199 Å². The normalized spacial score (nSPS) is 12.3. The number of hydrogen-bond donors (Lipinski definition) is 3. The summed E-state index contributed by atoms with van der Waals surface area (Å²) in [6.45, 7) is 0.818. The first-order chi connectivity index (χ1) is 16.4. The topological polar surface area (TPSA) is 148 Å². The maximum Gasteiger partial charge on any atom is 0.322 e. The lowest BCUT2D eigenvalue weighted by Crippen LogP contribution is -2.41. The lowest BCUT2D eigenvalue weighted by molar-refractivity contribution is 0.0947. The third-order valence-corrected chi connectivity index (χ3v) is 5.56. The summed E-state index contributed by atoms with van der Waals surface area (Å²) in [6, 6.07) is 13.3. The number of fused-ring (bicyclic) bond motifs is 1. The molecule has 2 heterocycles. The predicted molar refractivity (Wildman–Crippen MR) is 122 cm³/mol. The first-order valence-corrected chi connectivity index (χ1v) is 10.5. The Bertz CT molecular complexity index is 1330. The van der Waals surface area contributed by atoms with Crippen LogP contribution in [0.5, 0.6) is 5.75 Å². The van der Waals surface area contributed by atoms with Gasteiger partial charge in [0.1, 0.15) is 17.5 Å². The Kier molecular flexibility index (Phi) is 6.42. The number of halogens is 1. The van der Waals surface area contributed by atoms with E-state index in [9.17, 15) is 9.59 Å². The van der Waals surface area contributed by atoms with E-state index in [1.165, 1.54) is 12.0 Å². The number of methoxy groups -OCH3 is 1. The second-order valence-electron chi connectivity index (χ2n) is 7.34. The summed E-state index contributed by atoms with van der Waals surface area (Å²) in [6.07, 6.45) is 0. The molecule has 1 aliphatic heterocycles. The van der Waals surface area contributed by atoms with Crippen molar-refractivity contribution in [2.75, 3.05) is 19.0 Å². The summed E-state index contributed by atoms with van der Waals surface area (Å²) in [5.41, 5.74) is 11.7. The van der Waals surface area contributed by atoms with Gasteiger partial charge in [0.25, 0.3) is 5.91 Å². The molecule has 11 nitrogen and oxygen atoms in total. The van der Waals surface area contributed by atoms with Gasteiger partial charge >= 0.3 is 6.03 Å². The number of urea groups is 1. The zero-order valence-electron chi connectivity index (χ0n) is 18.0. The largest absolute Gasteiger partial charge is 0.495 e. The van der Waals surface area contributed by atoms with Crippen molar-refractivity contribution in [2.45, 2.75) is 13.1 Å². The van der Waals surface area contributed by atoms with Gasteiger partial charge in [0.15, 0.2) is 0 Å². The van der Waals surface area contributed by atoms with E-state index in [2.05, 4.69) is 21.1 Å². The minimum Gasteiger partial charge on any atom is -0.495 e. The van der Waals surface area contributed by atoms with E-state index in [0.29, 0.717) is 52.1 Å². The summed E-state index contributed by atoms with van der Waals surface area (Å²) < 4.78 is 6.86. The van der Waals surface area contributed by atoms with Crippen molar-refractivity contribution in [1.82, 2.24) is 20.1 Å². The maximum atomic E-state index is 13.0. The van der Waals surface area contributed by atoms with Gasteiger partial charge in [-0.25, -0.2) is 10.2 Å². The standard InChI is InChI=1S/C22H19ClN8O3/c1-34-18-10-16(6-5-14(18)11-24)26-22(33)30-7-8-31-17(12-30)19(21(32)27-29-25)20(28-31)13-3-2-4-15(23)9-13/h2-6,9-10H,7-8,12H2,1H3,(H,26,33)(H2,25,27,32). The van der Waals surface area contributed by atoms with Gasteiger partial charge in [-0.15, -0.1) is 0 Å². The molecule has 3 aromatic rings. The van der Waals surface area contributed by atoms with Crippen LogP contribution in [0.3, 0.4) is 0 Å². The Morgan fingerprint density at radius 3 is 2.79 bits per heavy atom. The van der Waals surface area contributed by atoms with Crippen molar-refractivity contribution in [2.24, 2.45) is 5.22 Å². The molecule has 0 bridgehead atoms. The van der Waals surface area contributed by atoms with Crippen molar-refractivity contribution in [3.8, 4) is 23.1 Å². The molecule has 3 amide bonds. The third-order valence-electron chi connectivity index (χ3n) is 5.32. The van der Waals surface area contributed by atoms with Gasteiger partial charge in [-0.2, -0.15) is 15.9 Å². The fraction of sp³-hybridized carbons (Fsp3) is 0.182. The fourth-order valence-corrected chi connectivity index (χ4v) is 3.93. The summed E-state index contributed by atoms with van der Waals surface area (Å²) in [5.74, 6) is -0.258. The molecule has 1 aromatic heterocycles. The van der Waals surface area contributed by atoms with Crippen LogP contribution in [0, 0.1) is 16.9 Å². The Morgan fingerprint density at radius 1 is 1.26 bits per heavy atom. The number of nitrogens with zero attached hydrogens (tertiary/aromatic N) is 5. The van der Waals surface area contributed by atoms with Crippen LogP contribution in [0.1, 0.15) is 21.6 Å². The van der Waals surface area contributed by atoms with E-state index < -0.39 is 5.91 Å². The van der Waals surface area contributed by atoms with Crippen molar-refractivity contribution < 1.29 is 14.3 Å². The molecule has 4 rings (SSSR count). The Balaban J connectivity index is 1.63. The molecule has 0 atom stereocenters. The average Bonchev–Trinajstić information content (AvgIpc) is 3.23. The number of carbonyl (C=O) groups is 2. The lowest BCUT2D eigenvalue weighted by atomic mass is 10.0. The van der Waals surface area contributed by atoms with Gasteiger partial charge < -0.3 is 15.0 Å². The molecule has 3 N–H and O–H groups in total. The molecule has 0 saturated heterocycles. The van der Waals surface area contributed by atoms with Crippen molar-refractivity contribution >= 4 is 29.2 Å². The lowest BCUT2D eigenvalue weighted by Gasteiger charge is -2.28. The molecular formula is C22H19ClN8O3. The SMILES string of the molecule is COc1cc(NC(=O)N2CCn3nc(-c4cccc(Cl)c4)c(C(=O)NN=N)c3C2)ccc1C#N. The van der Waals surface area contributed by atoms with Gasteiger partial charge in [0.2, 0.25) is 0 Å². The molecule has 0 radical (unpaired) electrons. The van der Waals surface area contributed by atoms with E-state index in [-0.39, 0.29) is 18.1 Å². The number of anilines is 1. The van der Waals surface area contributed by atoms with Crippen LogP contribution < -0.4 is 15.5 Å². The number of nitriles is 1. The number of amides is 3. The van der Waals surface area contributed by atoms with E-state index in [0.717, 1.165) is 0 Å². The van der Waals surface area contributed by atoms with E-state index in [4.69, 9.17) is 27.1 Å². The third kappa shape index (κ3) is 4.39. The molecule has 12 heteroatoms. The molecule has 2 aromatic carbocycles. The second kappa shape index (κ2) is 9.60. The average molecular weight is 479 g/mol. The van der Waals surface area contributed by atoms with Crippen LogP contribution in [0.2, 0.25) is 5.02 Å². The molecule has 34 heavy (non-hydrogen) atoms. The van der Waals surface area contributed by atoms with Gasteiger partial charge in [-0.05, 0) is 24.3 Å². The molecule has 1 aliphatic rings. The predicted octanol–water partition coefficient (Wildman–Crippen LogP) is 3.81. The van der Waals surface area contributed by atoms with Crippen LogP contribution in [0.15, 0.2) is 47.7 Å². The molecule has 0 unspecified atom stereocenters. The van der Waals surface area contributed by atoms with E-state index in [1.54, 1.807) is 47.1 Å². The Hall–Kier alpha value is -4.43. The van der Waals surface area contributed by atoms with Crippen LogP contribution >= 0.6 is 11.6 Å². The first kappa shape index (κ1) is 22.8. The minimum atomic E-state index is -0.606. The first-order valence-electron chi connectivity index (χ1n) is 10.1. The van der Waals surface area contributed by atoms with Crippen LogP contribution in [0.25, 0.3) is 11.3 Å². The highest BCUT2D eigenvalue weighted by Crippen LogP contribution is 2.30. The highest BCUT2D eigenvalue weighted by atomic mass is 35.5. The summed E-state index contributed by atoms with van der Waals surface area (Å²) in [7, 11) is 1.45. The maximum absolute atomic E-state index is 13.0. The highest BCUT2D eigenvalue weighted by molar-refractivity contribution is 6.30. The highest BCUT2D eigenvalue weighted by Gasteiger charge is 2.30. The van der Waals surface area contributed by atoms with E-state index in [1.807, 2.05) is 6.07 Å². The number of hydrogen-bond acceptors (Lipinski definition) is 7. The fourth-order valence-electron chi connectivity index (χ4n) is 3.74. The van der Waals surface area contributed by atoms with Gasteiger partial charge in [-0.1, -0.05) is 29.0 Å². The van der Waals surface area contributed by atoms with Gasteiger partial charge in [0, 0.05) is 28.9 Å². The quantitative estimate of drug-likeness (QED) is 0.376. The zero-order valence-corrected chi connectivity index (χ0v) is 18.8. The van der Waals surface area contributed by atoms with Crippen molar-refractivity contribution in [3.63, 3.8) is 0 Å². The number of carbonyl (C=O) groups excluding carboxylic acids is 2. The summed E-state index contributed by atoms with van der Waals surface area (Å²) >= 11 is 6.13. The van der Waals surface area contributed by atoms with Crippen LogP contribution in [-0.2, 0) is 13.1 Å². The Morgan fingerprint density at radius 2 is 2.09 bits per heavy atom. The molecule has 0 fully saturated rings. The molecule has 0 saturated carbocycles. The number of rotatable bonds is 5. The summed E-state index contributed by atoms with van der Waals surface area (Å²) in [5, 5.41) is 20.0. The van der Waals surface area contributed by atoms with Gasteiger partial charge in [0.05, 0.1) is 37.0 Å². The van der Waals surface area contributed by atoms with E-state index >= 15 is 0 Å². The summed E-state index contributed by atoms with van der Waals surface area (Å²) in [4.78, 5) is 27.3. The number of benzene rings is 2. The zero-order chi connectivity index (χ0) is 24.2. The molecular weight excluding hydrogens is 460 g/mol. The molecule has 172 valence electrons. The smallest absolute Gasteiger partial charge is 0.322 e. The van der Waals surface area contributed by atoms with Crippen LogP contribution in [-0.4, -0.2) is 40.3 Å². The minimum absolute atomic E-state index is 0.105. The number of nitrogens with one attached hydrogen (secondary N) is 3. The van der Waals surface area contributed by atoms with Crippen LogP contribution in [0.4, 0.5) is 10.5 Å². The number of ether oxygens (including phenoxy) is 1. The van der Waals surface area contributed by atoms with Crippen molar-refractivity contribution in [3.05, 3.63) is 64.3 Å².